The van der Waals surface area contributed by atoms with E-state index in [0.29, 0.717) is 24.0 Å². The van der Waals surface area contributed by atoms with Crippen LogP contribution in [0.4, 0.5) is 4.39 Å². The molecule has 0 spiro atoms. The van der Waals surface area contributed by atoms with Crippen molar-refractivity contribution >= 4 is 0 Å². The Bertz CT molecular complexity index is 1190. The molecule has 6 nitrogen and oxygen atoms in total. The maximum atomic E-state index is 14.5. The highest BCUT2D eigenvalue weighted by molar-refractivity contribution is 5.65. The number of nitriles is 1. The maximum absolute atomic E-state index is 14.5. The number of hydrogen-bond donors (Lipinski definition) is 0. The molecule has 0 aliphatic carbocycles. The van der Waals surface area contributed by atoms with Crippen LogP contribution in [-0.4, -0.2) is 32.3 Å². The number of imidazole rings is 1. The van der Waals surface area contributed by atoms with E-state index in [4.69, 9.17) is 19.7 Å². The molecular formula is C26H29FN4O2. The summed E-state index contributed by atoms with van der Waals surface area (Å²) in [6.07, 6.45) is 5.27. The average molecular weight is 449 g/mol. The molecule has 1 fully saturated rings. The summed E-state index contributed by atoms with van der Waals surface area (Å²) in [6, 6.07) is 10.2. The third-order valence-electron chi connectivity index (χ3n) is 5.82. The van der Waals surface area contributed by atoms with E-state index in [-0.39, 0.29) is 22.7 Å². The van der Waals surface area contributed by atoms with Crippen molar-refractivity contribution in [2.24, 2.45) is 0 Å². The van der Waals surface area contributed by atoms with Crippen LogP contribution in [0.15, 0.2) is 42.7 Å². The van der Waals surface area contributed by atoms with Gasteiger partial charge in [0.15, 0.2) is 0 Å². The molecule has 7 heteroatoms. The zero-order chi connectivity index (χ0) is 23.8. The zero-order valence-electron chi connectivity index (χ0n) is 19.7. The lowest BCUT2D eigenvalue weighted by Gasteiger charge is -2.45. The summed E-state index contributed by atoms with van der Waals surface area (Å²) in [5, 5.41) is 9.13. The second kappa shape index (κ2) is 8.60. The summed E-state index contributed by atoms with van der Waals surface area (Å²) in [5.74, 6) is 0.688. The first kappa shape index (κ1) is 22.9. The van der Waals surface area contributed by atoms with Gasteiger partial charge in [0.2, 0.25) is 5.88 Å². The Morgan fingerprint density at radius 2 is 1.94 bits per heavy atom. The molecule has 0 amide bonds. The van der Waals surface area contributed by atoms with E-state index in [1.54, 1.807) is 12.3 Å². The SMILES string of the molecule is CCOc1ncccc1-c1nc(C2CC(C)(C)OC(C)(C)C2)cn1-c1ccc(C#N)c(F)c1. The Morgan fingerprint density at radius 1 is 1.21 bits per heavy atom. The number of benzene rings is 1. The van der Waals surface area contributed by atoms with Gasteiger partial charge in [-0.25, -0.2) is 14.4 Å². The lowest BCUT2D eigenvalue weighted by Crippen LogP contribution is -2.44. The molecule has 3 heterocycles. The first-order chi connectivity index (χ1) is 15.6. The monoisotopic (exact) mass is 448 g/mol. The first-order valence-electron chi connectivity index (χ1n) is 11.2. The fraction of sp³-hybridized carbons (Fsp3) is 0.423. The molecule has 0 atom stereocenters. The molecule has 4 rings (SSSR count). The van der Waals surface area contributed by atoms with E-state index in [2.05, 4.69) is 32.7 Å². The van der Waals surface area contributed by atoms with Crippen LogP contribution in [0.5, 0.6) is 5.88 Å². The van der Waals surface area contributed by atoms with E-state index in [9.17, 15) is 4.39 Å². The molecular weight excluding hydrogens is 419 g/mol. The highest BCUT2D eigenvalue weighted by atomic mass is 19.1. The zero-order valence-corrected chi connectivity index (χ0v) is 19.7. The van der Waals surface area contributed by atoms with E-state index in [0.717, 1.165) is 24.1 Å². The highest BCUT2D eigenvalue weighted by Crippen LogP contribution is 2.44. The lowest BCUT2D eigenvalue weighted by atomic mass is 9.79. The number of aromatic nitrogens is 3. The summed E-state index contributed by atoms with van der Waals surface area (Å²) in [7, 11) is 0. The van der Waals surface area contributed by atoms with Crippen molar-refractivity contribution in [3.63, 3.8) is 0 Å². The number of pyridine rings is 1. The third-order valence-corrected chi connectivity index (χ3v) is 5.82. The summed E-state index contributed by atoms with van der Waals surface area (Å²) < 4.78 is 28.4. The number of halogens is 1. The molecule has 1 aromatic carbocycles. The van der Waals surface area contributed by atoms with Gasteiger partial charge < -0.3 is 9.47 Å². The fourth-order valence-corrected chi connectivity index (χ4v) is 4.84. The molecule has 1 aliphatic heterocycles. The minimum Gasteiger partial charge on any atom is -0.477 e. The molecule has 2 aromatic heterocycles. The van der Waals surface area contributed by atoms with E-state index in [1.165, 1.54) is 12.1 Å². The molecule has 0 unspecified atom stereocenters. The molecule has 0 bridgehead atoms. The fourth-order valence-electron chi connectivity index (χ4n) is 4.84. The van der Waals surface area contributed by atoms with E-state index in [1.807, 2.05) is 35.9 Å². The Balaban J connectivity index is 1.88. The number of ether oxygens (including phenoxy) is 2. The number of rotatable bonds is 5. The smallest absolute Gasteiger partial charge is 0.224 e. The Labute approximate surface area is 194 Å². The quantitative estimate of drug-likeness (QED) is 0.494. The van der Waals surface area contributed by atoms with Crippen LogP contribution in [0.25, 0.3) is 17.1 Å². The Morgan fingerprint density at radius 3 is 2.58 bits per heavy atom. The number of nitrogens with zero attached hydrogens (tertiary/aromatic N) is 4. The van der Waals surface area contributed by atoms with E-state index >= 15 is 0 Å². The predicted octanol–water partition coefficient (Wildman–Crippen LogP) is 5.79. The van der Waals surface area contributed by atoms with Crippen LogP contribution in [0.3, 0.4) is 0 Å². The average Bonchev–Trinajstić information content (AvgIpc) is 3.17. The van der Waals surface area contributed by atoms with Crippen molar-refractivity contribution in [2.45, 2.75) is 64.6 Å². The summed E-state index contributed by atoms with van der Waals surface area (Å²) in [4.78, 5) is 9.41. The molecule has 0 saturated carbocycles. The number of hydrogen-bond acceptors (Lipinski definition) is 5. The Kier molecular flexibility index (Phi) is 5.98. The molecule has 1 aliphatic rings. The van der Waals surface area contributed by atoms with Gasteiger partial charge >= 0.3 is 0 Å². The van der Waals surface area contributed by atoms with Crippen LogP contribution in [0, 0.1) is 17.1 Å². The molecule has 33 heavy (non-hydrogen) atoms. The summed E-state index contributed by atoms with van der Waals surface area (Å²) >= 11 is 0. The second-order valence-corrected chi connectivity index (χ2v) is 9.65. The summed E-state index contributed by atoms with van der Waals surface area (Å²) in [5.41, 5.74) is 1.64. The predicted molar refractivity (Wildman–Crippen MR) is 124 cm³/mol. The van der Waals surface area contributed by atoms with Gasteiger partial charge in [0.1, 0.15) is 17.7 Å². The van der Waals surface area contributed by atoms with Crippen molar-refractivity contribution in [1.29, 1.82) is 5.26 Å². The van der Waals surface area contributed by atoms with Crippen molar-refractivity contribution in [3.05, 3.63) is 59.8 Å². The molecule has 1 saturated heterocycles. The van der Waals surface area contributed by atoms with Crippen LogP contribution in [0.1, 0.15) is 64.6 Å². The molecule has 172 valence electrons. The maximum Gasteiger partial charge on any atom is 0.224 e. The first-order valence-corrected chi connectivity index (χ1v) is 11.2. The van der Waals surface area contributed by atoms with Crippen LogP contribution in [0.2, 0.25) is 0 Å². The van der Waals surface area contributed by atoms with Gasteiger partial charge in [0.05, 0.1) is 40.3 Å². The minimum absolute atomic E-state index is 0.00458. The van der Waals surface area contributed by atoms with Crippen molar-refractivity contribution < 1.29 is 13.9 Å². The van der Waals surface area contributed by atoms with Crippen molar-refractivity contribution in [3.8, 4) is 29.0 Å². The molecule has 0 radical (unpaired) electrons. The van der Waals surface area contributed by atoms with Crippen molar-refractivity contribution in [2.75, 3.05) is 6.61 Å². The van der Waals surface area contributed by atoms with Gasteiger partial charge in [-0.1, -0.05) is 0 Å². The van der Waals surface area contributed by atoms with Gasteiger partial charge in [0, 0.05) is 18.3 Å². The van der Waals surface area contributed by atoms with Crippen LogP contribution < -0.4 is 4.74 Å². The Hall–Kier alpha value is -3.24. The highest BCUT2D eigenvalue weighted by Gasteiger charge is 2.41. The standard InChI is InChI=1S/C26H29FN4O2/c1-6-32-24-20(8-7-11-29-24)23-30-22(18-13-25(2,3)33-26(4,5)14-18)16-31(23)19-10-9-17(15-28)21(27)12-19/h7-12,16,18H,6,13-14H2,1-5H3. The van der Waals surface area contributed by atoms with Gasteiger partial charge in [0.25, 0.3) is 0 Å². The minimum atomic E-state index is -0.569. The largest absolute Gasteiger partial charge is 0.477 e. The van der Waals surface area contributed by atoms with Gasteiger partial charge in [-0.2, -0.15) is 5.26 Å². The van der Waals surface area contributed by atoms with Gasteiger partial charge in [-0.05, 0) is 77.8 Å². The van der Waals surface area contributed by atoms with E-state index < -0.39 is 5.82 Å². The van der Waals surface area contributed by atoms with Gasteiger partial charge in [-0.3, -0.25) is 4.57 Å². The molecule has 0 N–H and O–H groups in total. The topological polar surface area (TPSA) is 73.0 Å². The van der Waals surface area contributed by atoms with Crippen LogP contribution in [-0.2, 0) is 4.74 Å². The second-order valence-electron chi connectivity index (χ2n) is 9.65. The third kappa shape index (κ3) is 4.76. The van der Waals surface area contributed by atoms with Crippen LogP contribution >= 0.6 is 0 Å². The molecule has 3 aromatic rings. The van der Waals surface area contributed by atoms with Gasteiger partial charge in [-0.15, -0.1) is 0 Å². The lowest BCUT2D eigenvalue weighted by molar-refractivity contribution is -0.162. The summed E-state index contributed by atoms with van der Waals surface area (Å²) in [6.45, 7) is 10.8. The normalized spacial score (nSPS) is 17.5. The van der Waals surface area contributed by atoms with Crippen molar-refractivity contribution in [1.82, 2.24) is 14.5 Å².